The molecule has 1 rings (SSSR count). The van der Waals surface area contributed by atoms with Crippen LogP contribution in [0, 0.1) is 6.92 Å². The Morgan fingerprint density at radius 2 is 1.95 bits per heavy atom. The lowest BCUT2D eigenvalue weighted by Crippen LogP contribution is -2.43. The van der Waals surface area contributed by atoms with Gasteiger partial charge in [0.15, 0.2) is 6.61 Å². The molecule has 0 aliphatic heterocycles. The van der Waals surface area contributed by atoms with E-state index in [1.807, 2.05) is 20.8 Å². The summed E-state index contributed by atoms with van der Waals surface area (Å²) >= 11 is 0. The van der Waals surface area contributed by atoms with Crippen LogP contribution < -0.4 is 10.1 Å². The molecule has 0 saturated carbocycles. The number of carboxylic acids is 1. The SMILES string of the molecule is Cc1ccc(OCC(=O)NC(C)(C)C)c(C(=O)O)c1. The smallest absolute Gasteiger partial charge is 0.339 e. The number of hydrogen-bond acceptors (Lipinski definition) is 3. The number of amides is 1. The van der Waals surface area contributed by atoms with Crippen molar-refractivity contribution in [3.63, 3.8) is 0 Å². The third-order valence-electron chi connectivity index (χ3n) is 2.24. The van der Waals surface area contributed by atoms with Crippen molar-refractivity contribution in [3.8, 4) is 5.75 Å². The minimum absolute atomic E-state index is 0.0589. The predicted octanol–water partition coefficient (Wildman–Crippen LogP) is 1.99. The summed E-state index contributed by atoms with van der Waals surface area (Å²) in [6, 6.07) is 4.81. The van der Waals surface area contributed by atoms with Crippen LogP contribution in [0.4, 0.5) is 0 Å². The number of aryl methyl sites for hydroxylation is 1. The maximum Gasteiger partial charge on any atom is 0.339 e. The van der Waals surface area contributed by atoms with Crippen LogP contribution in [0.1, 0.15) is 36.7 Å². The number of hydrogen-bond donors (Lipinski definition) is 2. The van der Waals surface area contributed by atoms with E-state index in [0.717, 1.165) is 5.56 Å². The number of aromatic carboxylic acids is 1. The Bertz CT molecular complexity index is 489. The summed E-state index contributed by atoms with van der Waals surface area (Å²) in [7, 11) is 0. The lowest BCUT2D eigenvalue weighted by atomic mass is 10.1. The molecule has 19 heavy (non-hydrogen) atoms. The molecule has 1 aromatic rings. The molecule has 0 atom stereocenters. The Balaban J connectivity index is 2.73. The summed E-state index contributed by atoms with van der Waals surface area (Å²) < 4.78 is 5.27. The van der Waals surface area contributed by atoms with Gasteiger partial charge in [0.25, 0.3) is 5.91 Å². The van der Waals surface area contributed by atoms with E-state index in [-0.39, 0.29) is 29.4 Å². The summed E-state index contributed by atoms with van der Waals surface area (Å²) in [6.45, 7) is 7.17. The summed E-state index contributed by atoms with van der Waals surface area (Å²) in [5.41, 5.74) is 0.538. The number of rotatable bonds is 4. The molecule has 104 valence electrons. The van der Waals surface area contributed by atoms with Crippen molar-refractivity contribution >= 4 is 11.9 Å². The van der Waals surface area contributed by atoms with Crippen LogP contribution in [0.25, 0.3) is 0 Å². The second kappa shape index (κ2) is 5.73. The molecule has 5 heteroatoms. The monoisotopic (exact) mass is 265 g/mol. The fourth-order valence-corrected chi connectivity index (χ4v) is 1.53. The Kier molecular flexibility index (Phi) is 4.53. The molecule has 1 aromatic carbocycles. The third kappa shape index (κ3) is 4.99. The number of carboxylic acid groups (broad SMARTS) is 1. The Hall–Kier alpha value is -2.04. The van der Waals surface area contributed by atoms with Gasteiger partial charge in [-0.2, -0.15) is 0 Å². The van der Waals surface area contributed by atoms with E-state index >= 15 is 0 Å². The van der Waals surface area contributed by atoms with Gasteiger partial charge in [-0.25, -0.2) is 4.79 Å². The minimum atomic E-state index is -1.07. The zero-order valence-electron chi connectivity index (χ0n) is 11.6. The topological polar surface area (TPSA) is 75.6 Å². The highest BCUT2D eigenvalue weighted by atomic mass is 16.5. The number of nitrogens with one attached hydrogen (secondary N) is 1. The van der Waals surface area contributed by atoms with Gasteiger partial charge in [0.05, 0.1) is 0 Å². The molecule has 1 amide bonds. The second-order valence-corrected chi connectivity index (χ2v) is 5.39. The van der Waals surface area contributed by atoms with E-state index in [0.29, 0.717) is 0 Å². The standard InChI is InChI=1S/C14H19NO4/c1-9-5-6-11(10(7-9)13(17)18)19-8-12(16)15-14(2,3)4/h5-7H,8H2,1-4H3,(H,15,16)(H,17,18). The van der Waals surface area contributed by atoms with Crippen LogP contribution in [0.3, 0.4) is 0 Å². The van der Waals surface area contributed by atoms with E-state index in [1.54, 1.807) is 19.1 Å². The van der Waals surface area contributed by atoms with E-state index < -0.39 is 5.97 Å². The van der Waals surface area contributed by atoms with Crippen molar-refractivity contribution in [1.82, 2.24) is 5.32 Å². The van der Waals surface area contributed by atoms with Crippen LogP contribution in [-0.4, -0.2) is 29.1 Å². The largest absolute Gasteiger partial charge is 0.483 e. The highest BCUT2D eigenvalue weighted by Gasteiger charge is 2.16. The van der Waals surface area contributed by atoms with E-state index in [2.05, 4.69) is 5.32 Å². The van der Waals surface area contributed by atoms with Gasteiger partial charge in [-0.3, -0.25) is 4.79 Å². The Labute approximate surface area is 112 Å². The van der Waals surface area contributed by atoms with E-state index in [9.17, 15) is 9.59 Å². The van der Waals surface area contributed by atoms with Crippen molar-refractivity contribution in [2.75, 3.05) is 6.61 Å². The van der Waals surface area contributed by atoms with Crippen molar-refractivity contribution in [2.24, 2.45) is 0 Å². The molecule has 0 radical (unpaired) electrons. The van der Waals surface area contributed by atoms with Gasteiger partial charge in [-0.1, -0.05) is 11.6 Å². The molecule has 2 N–H and O–H groups in total. The second-order valence-electron chi connectivity index (χ2n) is 5.39. The van der Waals surface area contributed by atoms with E-state index in [1.165, 1.54) is 6.07 Å². The summed E-state index contributed by atoms with van der Waals surface area (Å²) in [6.07, 6.45) is 0. The van der Waals surface area contributed by atoms with Crippen molar-refractivity contribution in [3.05, 3.63) is 29.3 Å². The molecule has 0 aliphatic carbocycles. The molecule has 0 unspecified atom stereocenters. The quantitative estimate of drug-likeness (QED) is 0.873. The van der Waals surface area contributed by atoms with Crippen LogP contribution in [0.2, 0.25) is 0 Å². The number of carbonyl (C=O) groups excluding carboxylic acids is 1. The van der Waals surface area contributed by atoms with Crippen molar-refractivity contribution in [2.45, 2.75) is 33.2 Å². The normalized spacial score (nSPS) is 10.9. The van der Waals surface area contributed by atoms with Crippen LogP contribution in [0.15, 0.2) is 18.2 Å². The van der Waals surface area contributed by atoms with Gasteiger partial charge in [-0.05, 0) is 39.8 Å². The van der Waals surface area contributed by atoms with Gasteiger partial charge >= 0.3 is 5.97 Å². The first-order valence-electron chi connectivity index (χ1n) is 5.97. The summed E-state index contributed by atoms with van der Waals surface area (Å²) in [4.78, 5) is 22.7. The highest BCUT2D eigenvalue weighted by molar-refractivity contribution is 5.91. The lowest BCUT2D eigenvalue weighted by Gasteiger charge is -2.20. The number of benzene rings is 1. The van der Waals surface area contributed by atoms with Gasteiger partial charge in [0, 0.05) is 5.54 Å². The average molecular weight is 265 g/mol. The van der Waals surface area contributed by atoms with Crippen molar-refractivity contribution in [1.29, 1.82) is 0 Å². The number of carbonyl (C=O) groups is 2. The Morgan fingerprint density at radius 1 is 1.32 bits per heavy atom. The summed E-state index contributed by atoms with van der Waals surface area (Å²) in [5, 5.41) is 11.8. The fourth-order valence-electron chi connectivity index (χ4n) is 1.53. The molecular weight excluding hydrogens is 246 g/mol. The molecule has 0 saturated heterocycles. The third-order valence-corrected chi connectivity index (χ3v) is 2.24. The lowest BCUT2D eigenvalue weighted by molar-refractivity contribution is -0.124. The van der Waals surface area contributed by atoms with E-state index in [4.69, 9.17) is 9.84 Å². The fraction of sp³-hybridized carbons (Fsp3) is 0.429. The average Bonchev–Trinajstić information content (AvgIpc) is 2.24. The van der Waals surface area contributed by atoms with Gasteiger partial charge in [0.2, 0.25) is 0 Å². The summed E-state index contributed by atoms with van der Waals surface area (Å²) in [5.74, 6) is -1.17. The highest BCUT2D eigenvalue weighted by Crippen LogP contribution is 2.20. The molecule has 0 aromatic heterocycles. The molecule has 0 bridgehead atoms. The number of ether oxygens (including phenoxy) is 1. The molecule has 0 aliphatic rings. The van der Waals surface area contributed by atoms with Crippen LogP contribution >= 0.6 is 0 Å². The molecule has 0 spiro atoms. The first-order chi connectivity index (χ1) is 8.69. The Morgan fingerprint density at radius 3 is 2.47 bits per heavy atom. The van der Waals surface area contributed by atoms with Crippen molar-refractivity contribution < 1.29 is 19.4 Å². The molecule has 0 heterocycles. The van der Waals surface area contributed by atoms with Crippen LogP contribution in [0.5, 0.6) is 5.75 Å². The van der Waals surface area contributed by atoms with Gasteiger partial charge < -0.3 is 15.2 Å². The first-order valence-corrected chi connectivity index (χ1v) is 5.97. The first kappa shape index (κ1) is 15.0. The zero-order chi connectivity index (χ0) is 14.6. The molecular formula is C14H19NO4. The maximum absolute atomic E-state index is 11.6. The zero-order valence-corrected chi connectivity index (χ0v) is 11.6. The van der Waals surface area contributed by atoms with Gasteiger partial charge in [-0.15, -0.1) is 0 Å². The molecule has 0 fully saturated rings. The van der Waals surface area contributed by atoms with Crippen LogP contribution in [-0.2, 0) is 4.79 Å². The predicted molar refractivity (Wildman–Crippen MR) is 71.5 cm³/mol. The maximum atomic E-state index is 11.6. The van der Waals surface area contributed by atoms with Gasteiger partial charge in [0.1, 0.15) is 11.3 Å². The minimum Gasteiger partial charge on any atom is -0.483 e. The molecule has 5 nitrogen and oxygen atoms in total.